The molecule has 0 unspecified atom stereocenters. The maximum Gasteiger partial charge on any atom is 0.137 e. The van der Waals surface area contributed by atoms with Gasteiger partial charge in [-0.05, 0) is 37.8 Å². The highest BCUT2D eigenvalue weighted by molar-refractivity contribution is 7.98. The lowest BCUT2D eigenvalue weighted by atomic mass is 10.1. The average molecular weight is 293 g/mol. The second kappa shape index (κ2) is 6.41. The number of rotatable bonds is 5. The molecule has 0 saturated carbocycles. The van der Waals surface area contributed by atoms with Crippen LogP contribution in [-0.2, 0) is 7.05 Å². The largest absolute Gasteiger partial charge is 0.304 e. The Morgan fingerprint density at radius 1 is 1.25 bits per heavy atom. The predicted molar refractivity (Wildman–Crippen MR) is 81.4 cm³/mol. The van der Waals surface area contributed by atoms with Crippen molar-refractivity contribution < 1.29 is 4.39 Å². The smallest absolute Gasteiger partial charge is 0.137 e. The zero-order valence-electron chi connectivity index (χ0n) is 12.2. The first-order valence-electron chi connectivity index (χ1n) is 6.59. The molecule has 2 aromatic rings. The van der Waals surface area contributed by atoms with E-state index < -0.39 is 0 Å². The molecule has 2 rings (SSSR count). The van der Waals surface area contributed by atoms with Gasteiger partial charge >= 0.3 is 0 Å². The van der Waals surface area contributed by atoms with Gasteiger partial charge in [0, 0.05) is 35.8 Å². The van der Waals surface area contributed by atoms with Crippen molar-refractivity contribution in [1.29, 1.82) is 0 Å². The van der Waals surface area contributed by atoms with Gasteiger partial charge in [0.05, 0.1) is 6.20 Å². The van der Waals surface area contributed by atoms with E-state index in [-0.39, 0.29) is 17.9 Å². The second-order valence-corrected chi connectivity index (χ2v) is 5.80. The summed E-state index contributed by atoms with van der Waals surface area (Å²) in [5.41, 5.74) is 2.08. The van der Waals surface area contributed by atoms with Crippen LogP contribution in [-0.4, -0.2) is 16.0 Å². The minimum Gasteiger partial charge on any atom is -0.304 e. The second-order valence-electron chi connectivity index (χ2n) is 4.95. The minimum atomic E-state index is -0.155. The Balaban J connectivity index is 2.07. The third-order valence-corrected chi connectivity index (χ3v) is 4.17. The van der Waals surface area contributed by atoms with E-state index in [2.05, 4.69) is 17.3 Å². The van der Waals surface area contributed by atoms with Crippen LogP contribution in [0.5, 0.6) is 0 Å². The number of aryl methyl sites for hydroxylation is 1. The molecule has 108 valence electrons. The summed E-state index contributed by atoms with van der Waals surface area (Å²) in [5.74, 6) is -0.155. The fourth-order valence-corrected chi connectivity index (χ4v) is 2.64. The van der Waals surface area contributed by atoms with Crippen molar-refractivity contribution in [2.24, 2.45) is 7.05 Å². The zero-order valence-corrected chi connectivity index (χ0v) is 13.0. The van der Waals surface area contributed by atoms with E-state index in [1.165, 1.54) is 11.8 Å². The number of thioether (sulfide) groups is 1. The Morgan fingerprint density at radius 3 is 2.50 bits per heavy atom. The molecule has 0 radical (unpaired) electrons. The van der Waals surface area contributed by atoms with Crippen molar-refractivity contribution in [3.05, 3.63) is 47.5 Å². The molecule has 20 heavy (non-hydrogen) atoms. The molecule has 0 fully saturated rings. The number of aromatic nitrogens is 2. The van der Waals surface area contributed by atoms with Crippen LogP contribution in [0.3, 0.4) is 0 Å². The summed E-state index contributed by atoms with van der Waals surface area (Å²) in [4.78, 5) is 0.682. The van der Waals surface area contributed by atoms with E-state index in [9.17, 15) is 4.39 Å². The van der Waals surface area contributed by atoms with E-state index in [1.54, 1.807) is 10.7 Å². The lowest BCUT2D eigenvalue weighted by Gasteiger charge is -2.20. The van der Waals surface area contributed by atoms with E-state index in [1.807, 2.05) is 44.8 Å². The Morgan fingerprint density at radius 2 is 1.95 bits per heavy atom. The summed E-state index contributed by atoms with van der Waals surface area (Å²) in [5, 5.41) is 7.63. The Hall–Kier alpha value is -1.33. The lowest BCUT2D eigenvalue weighted by molar-refractivity contribution is 0.490. The van der Waals surface area contributed by atoms with Crippen LogP contribution >= 0.6 is 11.8 Å². The Labute approximate surface area is 123 Å². The maximum absolute atomic E-state index is 13.8. The summed E-state index contributed by atoms with van der Waals surface area (Å²) in [7, 11) is 1.90. The number of nitrogens with zero attached hydrogens (tertiary/aromatic N) is 2. The molecule has 0 spiro atoms. The molecule has 1 aromatic heterocycles. The third-order valence-electron chi connectivity index (χ3n) is 3.40. The molecule has 0 aliphatic carbocycles. The van der Waals surface area contributed by atoms with Crippen molar-refractivity contribution in [2.75, 3.05) is 6.26 Å². The first-order chi connectivity index (χ1) is 9.51. The van der Waals surface area contributed by atoms with Crippen LogP contribution in [0.25, 0.3) is 0 Å². The number of benzene rings is 1. The van der Waals surface area contributed by atoms with Gasteiger partial charge in [0.1, 0.15) is 5.82 Å². The van der Waals surface area contributed by atoms with Crippen LogP contribution in [0.4, 0.5) is 4.39 Å². The zero-order chi connectivity index (χ0) is 14.7. The van der Waals surface area contributed by atoms with Gasteiger partial charge < -0.3 is 5.32 Å². The Bertz CT molecular complexity index is 582. The first-order valence-corrected chi connectivity index (χ1v) is 7.81. The molecule has 1 heterocycles. The molecule has 1 aromatic carbocycles. The molecule has 0 saturated heterocycles. The average Bonchev–Trinajstić information content (AvgIpc) is 2.85. The molecule has 3 nitrogen and oxygen atoms in total. The summed E-state index contributed by atoms with van der Waals surface area (Å²) in [6.07, 6.45) is 5.72. The lowest BCUT2D eigenvalue weighted by Crippen LogP contribution is -2.22. The van der Waals surface area contributed by atoms with Gasteiger partial charge in [0.15, 0.2) is 0 Å². The fourth-order valence-electron chi connectivity index (χ4n) is 2.18. The van der Waals surface area contributed by atoms with Crippen LogP contribution < -0.4 is 5.32 Å². The molecule has 5 heteroatoms. The SMILES string of the molecule is CSc1ccc([C@H](C)N[C@H](C)c2cnn(C)c2)cc1F. The highest BCUT2D eigenvalue weighted by Gasteiger charge is 2.13. The van der Waals surface area contributed by atoms with Gasteiger partial charge in [-0.1, -0.05) is 6.07 Å². The van der Waals surface area contributed by atoms with Gasteiger partial charge in [0.25, 0.3) is 0 Å². The van der Waals surface area contributed by atoms with Crippen LogP contribution in [0.2, 0.25) is 0 Å². The first kappa shape index (κ1) is 15.1. The summed E-state index contributed by atoms with van der Waals surface area (Å²) in [6.45, 7) is 4.13. The number of nitrogens with one attached hydrogen (secondary N) is 1. The predicted octanol–water partition coefficient (Wildman–Crippen LogP) is 3.69. The molecule has 0 amide bonds. The fraction of sp³-hybridized carbons (Fsp3) is 0.400. The van der Waals surface area contributed by atoms with Crippen molar-refractivity contribution >= 4 is 11.8 Å². The molecule has 0 aliphatic heterocycles. The van der Waals surface area contributed by atoms with Gasteiger partial charge in [-0.3, -0.25) is 4.68 Å². The third kappa shape index (κ3) is 3.41. The van der Waals surface area contributed by atoms with Crippen molar-refractivity contribution in [3.63, 3.8) is 0 Å². The number of hydrogen-bond donors (Lipinski definition) is 1. The van der Waals surface area contributed by atoms with Crippen molar-refractivity contribution in [3.8, 4) is 0 Å². The van der Waals surface area contributed by atoms with Crippen LogP contribution in [0.15, 0.2) is 35.5 Å². The summed E-state index contributed by atoms with van der Waals surface area (Å²) < 4.78 is 15.6. The highest BCUT2D eigenvalue weighted by Crippen LogP contribution is 2.24. The van der Waals surface area contributed by atoms with Gasteiger partial charge in [-0.2, -0.15) is 5.10 Å². The van der Waals surface area contributed by atoms with Crippen LogP contribution in [0.1, 0.15) is 37.1 Å². The maximum atomic E-state index is 13.8. The molecular weight excluding hydrogens is 273 g/mol. The number of hydrogen-bond acceptors (Lipinski definition) is 3. The minimum absolute atomic E-state index is 0.0793. The molecule has 0 bridgehead atoms. The van der Waals surface area contributed by atoms with Gasteiger partial charge in [-0.25, -0.2) is 4.39 Å². The summed E-state index contributed by atoms with van der Waals surface area (Å²) >= 11 is 1.42. The van der Waals surface area contributed by atoms with E-state index in [0.717, 1.165) is 11.1 Å². The number of halogens is 1. The monoisotopic (exact) mass is 293 g/mol. The van der Waals surface area contributed by atoms with E-state index >= 15 is 0 Å². The standard InChI is InChI=1S/C15H20FN3S/c1-10(12-5-6-15(20-4)14(16)7-12)18-11(2)13-8-17-19(3)9-13/h5-11,18H,1-4H3/t10-,11+/m0/s1. The van der Waals surface area contributed by atoms with E-state index in [4.69, 9.17) is 0 Å². The van der Waals surface area contributed by atoms with Crippen molar-refractivity contribution in [1.82, 2.24) is 15.1 Å². The molecular formula is C15H20FN3S. The topological polar surface area (TPSA) is 29.9 Å². The summed E-state index contributed by atoms with van der Waals surface area (Å²) in [6, 6.07) is 5.67. The Kier molecular flexibility index (Phi) is 4.83. The van der Waals surface area contributed by atoms with Gasteiger partial charge in [0.2, 0.25) is 0 Å². The van der Waals surface area contributed by atoms with E-state index in [0.29, 0.717) is 4.90 Å². The van der Waals surface area contributed by atoms with Crippen molar-refractivity contribution in [2.45, 2.75) is 30.8 Å². The molecule has 0 aliphatic rings. The molecule has 1 N–H and O–H groups in total. The molecule has 2 atom stereocenters. The normalized spacial score (nSPS) is 14.2. The highest BCUT2D eigenvalue weighted by atomic mass is 32.2. The quantitative estimate of drug-likeness (QED) is 0.853. The van der Waals surface area contributed by atoms with Gasteiger partial charge in [-0.15, -0.1) is 11.8 Å². The van der Waals surface area contributed by atoms with Crippen LogP contribution in [0, 0.1) is 5.82 Å².